The zero-order valence-electron chi connectivity index (χ0n) is 14.3. The van der Waals surface area contributed by atoms with Crippen LogP contribution in [0.15, 0.2) is 30.6 Å². The first kappa shape index (κ1) is 16.7. The summed E-state index contributed by atoms with van der Waals surface area (Å²) in [4.78, 5) is 15.2. The van der Waals surface area contributed by atoms with Crippen LogP contribution >= 0.6 is 0 Å². The van der Waals surface area contributed by atoms with Crippen molar-refractivity contribution < 1.29 is 9.90 Å². The molecule has 1 saturated heterocycles. The van der Waals surface area contributed by atoms with Crippen LogP contribution < -0.4 is 0 Å². The van der Waals surface area contributed by atoms with E-state index in [-0.39, 0.29) is 6.54 Å². The number of carbonyl (C=O) groups is 1. The lowest BCUT2D eigenvalue weighted by atomic mass is 10.0. The minimum Gasteiger partial charge on any atom is -0.480 e. The van der Waals surface area contributed by atoms with Crippen molar-refractivity contribution in [1.29, 1.82) is 0 Å². The molecule has 128 valence electrons. The summed E-state index contributed by atoms with van der Waals surface area (Å²) in [5, 5.41) is 13.3. The molecule has 0 radical (unpaired) electrons. The zero-order valence-corrected chi connectivity index (χ0v) is 14.3. The largest absolute Gasteiger partial charge is 0.480 e. The van der Waals surface area contributed by atoms with Gasteiger partial charge in [-0.15, -0.1) is 0 Å². The maximum atomic E-state index is 10.8. The van der Waals surface area contributed by atoms with Gasteiger partial charge in [-0.05, 0) is 31.0 Å². The molecule has 1 aliphatic heterocycles. The van der Waals surface area contributed by atoms with Gasteiger partial charge in [0.2, 0.25) is 0 Å². The molecule has 2 heterocycles. The van der Waals surface area contributed by atoms with Gasteiger partial charge in [0.1, 0.15) is 0 Å². The summed E-state index contributed by atoms with van der Waals surface area (Å²) in [6.45, 7) is 8.61. The fourth-order valence-corrected chi connectivity index (χ4v) is 3.44. The minimum atomic E-state index is -0.751. The molecule has 1 N–H and O–H groups in total. The molecule has 1 aliphatic rings. The first-order valence-corrected chi connectivity index (χ1v) is 8.29. The molecule has 0 atom stereocenters. The second-order valence-corrected chi connectivity index (χ2v) is 6.49. The highest BCUT2D eigenvalue weighted by Crippen LogP contribution is 2.23. The Labute approximate surface area is 142 Å². The van der Waals surface area contributed by atoms with Gasteiger partial charge >= 0.3 is 5.97 Å². The Kier molecular flexibility index (Phi) is 4.97. The number of rotatable bonds is 5. The second kappa shape index (κ2) is 7.15. The van der Waals surface area contributed by atoms with E-state index in [0.717, 1.165) is 38.4 Å². The fraction of sp³-hybridized carbons (Fsp3) is 0.444. The number of carboxylic acid groups (broad SMARTS) is 1. The number of aryl methyl sites for hydroxylation is 2. The number of piperazine rings is 1. The molecule has 6 nitrogen and oxygen atoms in total. The molecule has 6 heteroatoms. The van der Waals surface area contributed by atoms with Crippen LogP contribution in [0.2, 0.25) is 0 Å². The third kappa shape index (κ3) is 3.83. The van der Waals surface area contributed by atoms with Crippen molar-refractivity contribution in [2.75, 3.05) is 32.7 Å². The van der Waals surface area contributed by atoms with E-state index in [1.165, 1.54) is 16.7 Å². The van der Waals surface area contributed by atoms with Crippen molar-refractivity contribution in [3.8, 4) is 5.69 Å². The molecule has 0 aliphatic carbocycles. The van der Waals surface area contributed by atoms with Gasteiger partial charge in [0.25, 0.3) is 0 Å². The zero-order chi connectivity index (χ0) is 17.1. The van der Waals surface area contributed by atoms with Crippen LogP contribution in [0.4, 0.5) is 0 Å². The number of aromatic nitrogens is 2. The minimum absolute atomic E-state index is 0.135. The molecular formula is C18H24N4O2. The number of aliphatic carboxylic acids is 1. The van der Waals surface area contributed by atoms with Crippen LogP contribution in [0.5, 0.6) is 0 Å². The van der Waals surface area contributed by atoms with Crippen molar-refractivity contribution in [1.82, 2.24) is 19.6 Å². The van der Waals surface area contributed by atoms with E-state index >= 15 is 0 Å². The van der Waals surface area contributed by atoms with Crippen LogP contribution in [0.1, 0.15) is 16.7 Å². The highest BCUT2D eigenvalue weighted by Gasteiger charge is 2.20. The van der Waals surface area contributed by atoms with Gasteiger partial charge < -0.3 is 5.11 Å². The summed E-state index contributed by atoms with van der Waals surface area (Å²) in [5.74, 6) is -0.751. The Balaban J connectivity index is 1.75. The smallest absolute Gasteiger partial charge is 0.317 e. The van der Waals surface area contributed by atoms with Gasteiger partial charge in [-0.1, -0.05) is 17.7 Å². The fourth-order valence-electron chi connectivity index (χ4n) is 3.44. The van der Waals surface area contributed by atoms with Crippen LogP contribution in [-0.4, -0.2) is 63.4 Å². The maximum Gasteiger partial charge on any atom is 0.317 e. The summed E-state index contributed by atoms with van der Waals surface area (Å²) in [7, 11) is 0. The lowest BCUT2D eigenvalue weighted by Gasteiger charge is -2.34. The molecule has 0 saturated carbocycles. The lowest BCUT2D eigenvalue weighted by molar-refractivity contribution is -0.138. The first-order valence-electron chi connectivity index (χ1n) is 8.29. The number of carboxylic acids is 1. The summed E-state index contributed by atoms with van der Waals surface area (Å²) in [6, 6.07) is 6.35. The molecule has 0 spiro atoms. The normalized spacial score (nSPS) is 16.4. The summed E-state index contributed by atoms with van der Waals surface area (Å²) >= 11 is 0. The third-order valence-corrected chi connectivity index (χ3v) is 4.47. The van der Waals surface area contributed by atoms with Gasteiger partial charge in [-0.25, -0.2) is 4.68 Å². The highest BCUT2D eigenvalue weighted by atomic mass is 16.4. The Morgan fingerprint density at radius 3 is 2.50 bits per heavy atom. The van der Waals surface area contributed by atoms with E-state index in [0.29, 0.717) is 0 Å². The predicted molar refractivity (Wildman–Crippen MR) is 92.4 cm³/mol. The molecule has 2 aromatic rings. The number of nitrogens with zero attached hydrogens (tertiary/aromatic N) is 4. The van der Waals surface area contributed by atoms with Crippen LogP contribution in [0.25, 0.3) is 5.69 Å². The number of hydrogen-bond donors (Lipinski definition) is 1. The molecule has 1 fully saturated rings. The topological polar surface area (TPSA) is 61.6 Å². The average molecular weight is 328 g/mol. The van der Waals surface area contributed by atoms with Gasteiger partial charge in [0.05, 0.1) is 12.2 Å². The van der Waals surface area contributed by atoms with E-state index < -0.39 is 5.97 Å². The predicted octanol–water partition coefficient (Wildman–Crippen LogP) is 1.69. The van der Waals surface area contributed by atoms with E-state index in [4.69, 9.17) is 5.11 Å². The molecule has 24 heavy (non-hydrogen) atoms. The highest BCUT2D eigenvalue weighted by molar-refractivity contribution is 5.69. The Morgan fingerprint density at radius 2 is 1.88 bits per heavy atom. The molecule has 1 aromatic heterocycles. The van der Waals surface area contributed by atoms with E-state index in [2.05, 4.69) is 36.0 Å². The lowest BCUT2D eigenvalue weighted by Crippen LogP contribution is -2.47. The van der Waals surface area contributed by atoms with Gasteiger partial charge in [0, 0.05) is 45.1 Å². The van der Waals surface area contributed by atoms with Gasteiger partial charge in [0.15, 0.2) is 0 Å². The van der Waals surface area contributed by atoms with Crippen LogP contribution in [-0.2, 0) is 11.3 Å². The van der Waals surface area contributed by atoms with Crippen molar-refractivity contribution in [2.24, 2.45) is 0 Å². The summed E-state index contributed by atoms with van der Waals surface area (Å²) < 4.78 is 1.94. The summed E-state index contributed by atoms with van der Waals surface area (Å²) in [6.07, 6.45) is 3.78. The molecule has 0 amide bonds. The average Bonchev–Trinajstić information content (AvgIpc) is 3.02. The van der Waals surface area contributed by atoms with E-state index in [1.807, 2.05) is 21.8 Å². The van der Waals surface area contributed by atoms with Crippen molar-refractivity contribution in [2.45, 2.75) is 20.4 Å². The molecular weight excluding hydrogens is 304 g/mol. The third-order valence-electron chi connectivity index (χ3n) is 4.47. The van der Waals surface area contributed by atoms with Crippen molar-refractivity contribution in [3.05, 3.63) is 47.3 Å². The molecule has 0 unspecified atom stereocenters. The number of hydrogen-bond acceptors (Lipinski definition) is 4. The van der Waals surface area contributed by atoms with E-state index in [1.54, 1.807) is 6.20 Å². The van der Waals surface area contributed by atoms with Crippen LogP contribution in [0, 0.1) is 13.8 Å². The number of benzene rings is 1. The molecule has 0 bridgehead atoms. The molecule has 1 aromatic carbocycles. The monoisotopic (exact) mass is 328 g/mol. The quantitative estimate of drug-likeness (QED) is 0.905. The SMILES string of the molecule is Cc1cc(C)c(-n2cccn2)c(CN2CCN(CC(=O)O)CC2)c1. The molecule has 3 rings (SSSR count). The maximum absolute atomic E-state index is 10.8. The van der Waals surface area contributed by atoms with Gasteiger partial charge in [-0.2, -0.15) is 5.10 Å². The first-order chi connectivity index (χ1) is 11.5. The second-order valence-electron chi connectivity index (χ2n) is 6.49. The summed E-state index contributed by atoms with van der Waals surface area (Å²) in [5.41, 5.74) is 4.89. The Morgan fingerprint density at radius 1 is 1.17 bits per heavy atom. The van der Waals surface area contributed by atoms with Crippen LogP contribution in [0.3, 0.4) is 0 Å². The Bertz CT molecular complexity index is 704. The Hall–Kier alpha value is -2.18. The standard InChI is InChI=1S/C18H24N4O2/c1-14-10-15(2)18(22-5-3-4-19-22)16(11-14)12-20-6-8-21(9-7-20)13-17(23)24/h3-5,10-11H,6-9,12-13H2,1-2H3,(H,23,24). The van der Waals surface area contributed by atoms with E-state index in [9.17, 15) is 4.79 Å². The van der Waals surface area contributed by atoms with Gasteiger partial charge in [-0.3, -0.25) is 14.6 Å². The van der Waals surface area contributed by atoms with Crippen molar-refractivity contribution >= 4 is 5.97 Å². The van der Waals surface area contributed by atoms with Crippen molar-refractivity contribution in [3.63, 3.8) is 0 Å².